The summed E-state index contributed by atoms with van der Waals surface area (Å²) >= 11 is 0. The Kier molecular flexibility index (Phi) is 6.97. The highest BCUT2D eigenvalue weighted by molar-refractivity contribution is 5.32. The monoisotopic (exact) mass is 262 g/mol. The average Bonchev–Trinajstić information content (AvgIpc) is 2.41. The van der Waals surface area contributed by atoms with Crippen LogP contribution in [0.1, 0.15) is 71.3 Å². The third kappa shape index (κ3) is 5.67. The number of hydrogen-bond donors (Lipinski definition) is 1. The zero-order chi connectivity index (χ0) is 14.1. The Morgan fingerprint density at radius 3 is 2.32 bits per heavy atom. The van der Waals surface area contributed by atoms with Crippen molar-refractivity contribution in [2.45, 2.75) is 72.1 Å². The van der Waals surface area contributed by atoms with Crippen LogP contribution in [0.4, 0.5) is 0 Å². The molecule has 0 aliphatic heterocycles. The van der Waals surface area contributed by atoms with E-state index in [1.807, 2.05) is 12.1 Å². The molecule has 1 unspecified atom stereocenters. The van der Waals surface area contributed by atoms with Gasteiger partial charge in [0.05, 0.1) is 0 Å². The maximum atomic E-state index is 9.91. The molecule has 0 amide bonds. The predicted octanol–water partition coefficient (Wildman–Crippen LogP) is 5.71. The van der Waals surface area contributed by atoms with Crippen molar-refractivity contribution in [1.82, 2.24) is 0 Å². The van der Waals surface area contributed by atoms with Crippen LogP contribution in [0.2, 0.25) is 0 Å². The molecular formula is C18H30O. The summed E-state index contributed by atoms with van der Waals surface area (Å²) in [6, 6.07) is 7.77. The van der Waals surface area contributed by atoms with E-state index in [-0.39, 0.29) is 0 Å². The molecule has 108 valence electrons. The number of unbranched alkanes of at least 4 members (excludes halogenated alkanes) is 4. The van der Waals surface area contributed by atoms with Crippen LogP contribution in [0.25, 0.3) is 0 Å². The second-order valence-corrected chi connectivity index (χ2v) is 6.13. The fraction of sp³-hybridized carbons (Fsp3) is 0.667. The summed E-state index contributed by atoms with van der Waals surface area (Å²) in [4.78, 5) is 0. The molecule has 1 N–H and O–H groups in total. The Morgan fingerprint density at radius 2 is 1.68 bits per heavy atom. The molecular weight excluding hydrogens is 232 g/mol. The lowest BCUT2D eigenvalue weighted by Crippen LogP contribution is -2.18. The van der Waals surface area contributed by atoms with Gasteiger partial charge < -0.3 is 5.11 Å². The fourth-order valence-corrected chi connectivity index (χ4v) is 2.67. The number of rotatable bonds is 9. The average molecular weight is 262 g/mol. The molecule has 0 heterocycles. The highest BCUT2D eigenvalue weighted by atomic mass is 16.3. The highest BCUT2D eigenvalue weighted by Gasteiger charge is 2.23. The fourth-order valence-electron chi connectivity index (χ4n) is 2.67. The lowest BCUT2D eigenvalue weighted by molar-refractivity contribution is 0.267. The first-order valence-electron chi connectivity index (χ1n) is 7.88. The molecule has 0 saturated carbocycles. The van der Waals surface area contributed by atoms with Gasteiger partial charge in [-0.15, -0.1) is 0 Å². The molecule has 1 aromatic carbocycles. The van der Waals surface area contributed by atoms with Crippen molar-refractivity contribution in [3.05, 3.63) is 29.8 Å². The summed E-state index contributed by atoms with van der Waals surface area (Å²) in [5.41, 5.74) is 1.42. The third-order valence-electron chi connectivity index (χ3n) is 4.35. The molecule has 1 heteroatoms. The molecule has 0 aromatic heterocycles. The molecule has 0 spiro atoms. The second-order valence-electron chi connectivity index (χ2n) is 6.13. The van der Waals surface area contributed by atoms with Gasteiger partial charge in [-0.3, -0.25) is 0 Å². The Hall–Kier alpha value is -0.980. The quantitative estimate of drug-likeness (QED) is 0.565. The minimum Gasteiger partial charge on any atom is -0.508 e. The van der Waals surface area contributed by atoms with Crippen molar-refractivity contribution >= 4 is 0 Å². The van der Waals surface area contributed by atoms with Gasteiger partial charge in [-0.1, -0.05) is 77.5 Å². The van der Waals surface area contributed by atoms with E-state index in [1.165, 1.54) is 44.9 Å². The first-order chi connectivity index (χ1) is 9.11. The largest absolute Gasteiger partial charge is 0.508 e. The molecule has 0 saturated heterocycles. The van der Waals surface area contributed by atoms with Crippen molar-refractivity contribution in [2.75, 3.05) is 0 Å². The minimum atomic E-state index is 0.324. The van der Waals surface area contributed by atoms with Gasteiger partial charge in [-0.25, -0.2) is 0 Å². The van der Waals surface area contributed by atoms with Crippen LogP contribution in [-0.2, 0) is 6.42 Å². The van der Waals surface area contributed by atoms with Crippen LogP contribution in [0.15, 0.2) is 24.3 Å². The summed E-state index contributed by atoms with van der Waals surface area (Å²) in [5.74, 6) is 0.452. The van der Waals surface area contributed by atoms with Crippen molar-refractivity contribution in [3.8, 4) is 5.75 Å². The van der Waals surface area contributed by atoms with E-state index < -0.39 is 0 Å². The zero-order valence-corrected chi connectivity index (χ0v) is 12.9. The van der Waals surface area contributed by atoms with Crippen LogP contribution >= 0.6 is 0 Å². The Morgan fingerprint density at radius 1 is 1.00 bits per heavy atom. The van der Waals surface area contributed by atoms with Crippen LogP contribution in [0.3, 0.4) is 0 Å². The van der Waals surface area contributed by atoms with E-state index in [2.05, 4.69) is 26.8 Å². The van der Waals surface area contributed by atoms with Gasteiger partial charge >= 0.3 is 0 Å². The van der Waals surface area contributed by atoms with E-state index in [9.17, 15) is 5.11 Å². The van der Waals surface area contributed by atoms with Crippen molar-refractivity contribution in [2.24, 2.45) is 5.41 Å². The molecule has 1 nitrogen and oxygen atoms in total. The number of hydrogen-bond acceptors (Lipinski definition) is 1. The van der Waals surface area contributed by atoms with Crippen molar-refractivity contribution < 1.29 is 5.11 Å². The van der Waals surface area contributed by atoms with Gasteiger partial charge in [0, 0.05) is 0 Å². The maximum absolute atomic E-state index is 9.91. The predicted molar refractivity (Wildman–Crippen MR) is 83.6 cm³/mol. The summed E-state index contributed by atoms with van der Waals surface area (Å²) in [6.45, 7) is 6.89. The zero-order valence-electron chi connectivity index (χ0n) is 12.9. The smallest absolute Gasteiger partial charge is 0.118 e. The van der Waals surface area contributed by atoms with Gasteiger partial charge in [0.15, 0.2) is 0 Å². The van der Waals surface area contributed by atoms with Crippen molar-refractivity contribution in [1.29, 1.82) is 0 Å². The van der Waals surface area contributed by atoms with Crippen LogP contribution in [0.5, 0.6) is 5.75 Å². The molecule has 0 radical (unpaired) electrons. The van der Waals surface area contributed by atoms with Gasteiger partial charge in [0.25, 0.3) is 0 Å². The Bertz CT molecular complexity index is 358. The summed E-state index contributed by atoms with van der Waals surface area (Å²) in [5, 5.41) is 9.91. The molecule has 1 aromatic rings. The summed E-state index contributed by atoms with van der Waals surface area (Å²) < 4.78 is 0. The van der Waals surface area contributed by atoms with E-state index in [0.29, 0.717) is 11.2 Å². The lowest BCUT2D eigenvalue weighted by atomic mass is 9.77. The highest BCUT2D eigenvalue weighted by Crippen LogP contribution is 2.35. The number of para-hydroxylation sites is 1. The maximum Gasteiger partial charge on any atom is 0.118 e. The van der Waals surface area contributed by atoms with Gasteiger partial charge in [0.2, 0.25) is 0 Å². The normalized spacial score (nSPS) is 14.3. The second kappa shape index (κ2) is 8.24. The molecule has 1 rings (SSSR count). The van der Waals surface area contributed by atoms with E-state index in [1.54, 1.807) is 6.07 Å². The Balaban J connectivity index is 2.48. The molecule has 0 bridgehead atoms. The first kappa shape index (κ1) is 16.1. The van der Waals surface area contributed by atoms with Crippen LogP contribution in [-0.4, -0.2) is 5.11 Å². The standard InChI is InChI=1S/C18H30O/c1-4-6-7-8-11-14-18(3,5-2)15-16-12-9-10-13-17(16)19/h9-10,12-13,19H,4-8,11,14-15H2,1-3H3. The summed E-state index contributed by atoms with van der Waals surface area (Å²) in [7, 11) is 0. The molecule has 0 fully saturated rings. The number of phenolic OH excluding ortho intramolecular Hbond substituents is 1. The van der Waals surface area contributed by atoms with E-state index >= 15 is 0 Å². The van der Waals surface area contributed by atoms with E-state index in [4.69, 9.17) is 0 Å². The minimum absolute atomic E-state index is 0.324. The van der Waals surface area contributed by atoms with E-state index in [0.717, 1.165) is 12.0 Å². The number of phenols is 1. The molecule has 1 atom stereocenters. The number of aromatic hydroxyl groups is 1. The van der Waals surface area contributed by atoms with Crippen molar-refractivity contribution in [3.63, 3.8) is 0 Å². The lowest BCUT2D eigenvalue weighted by Gasteiger charge is -2.29. The Labute approximate surface area is 119 Å². The third-order valence-corrected chi connectivity index (χ3v) is 4.35. The molecule has 0 aliphatic rings. The first-order valence-corrected chi connectivity index (χ1v) is 7.88. The number of benzene rings is 1. The molecule has 0 aliphatic carbocycles. The van der Waals surface area contributed by atoms with Gasteiger partial charge in [-0.2, -0.15) is 0 Å². The molecule has 19 heavy (non-hydrogen) atoms. The SMILES string of the molecule is CCCCCCCC(C)(CC)Cc1ccccc1O. The summed E-state index contributed by atoms with van der Waals surface area (Å²) in [6.07, 6.45) is 10.1. The van der Waals surface area contributed by atoms with Gasteiger partial charge in [-0.05, 0) is 29.9 Å². The topological polar surface area (TPSA) is 20.2 Å². The van der Waals surface area contributed by atoms with Gasteiger partial charge in [0.1, 0.15) is 5.75 Å². The van der Waals surface area contributed by atoms with Crippen LogP contribution < -0.4 is 0 Å². The van der Waals surface area contributed by atoms with Crippen LogP contribution in [0, 0.1) is 5.41 Å².